The van der Waals surface area contributed by atoms with Gasteiger partial charge < -0.3 is 10.0 Å². The minimum atomic E-state index is -0.826. The predicted octanol–water partition coefficient (Wildman–Crippen LogP) is 2.54. The molecule has 0 heterocycles. The molecule has 0 bridgehead atoms. The van der Waals surface area contributed by atoms with E-state index >= 15 is 0 Å². The fourth-order valence-corrected chi connectivity index (χ4v) is 1.76. The van der Waals surface area contributed by atoms with Gasteiger partial charge in [-0.2, -0.15) is 0 Å². The Morgan fingerprint density at radius 1 is 1.28 bits per heavy atom. The zero-order chi connectivity index (χ0) is 13.5. The van der Waals surface area contributed by atoms with Crippen LogP contribution in [0.3, 0.4) is 0 Å². The molecule has 1 aromatic carbocycles. The van der Waals surface area contributed by atoms with Gasteiger partial charge in [0.15, 0.2) is 0 Å². The van der Waals surface area contributed by atoms with E-state index in [1.807, 2.05) is 37.3 Å². The van der Waals surface area contributed by atoms with Crippen LogP contribution in [0.2, 0.25) is 0 Å². The number of para-hydroxylation sites is 1. The molecular formula is C14H19NO3. The largest absolute Gasteiger partial charge is 0.481 e. The van der Waals surface area contributed by atoms with Crippen LogP contribution < -0.4 is 4.90 Å². The topological polar surface area (TPSA) is 57.6 Å². The number of amides is 1. The van der Waals surface area contributed by atoms with Crippen LogP contribution in [0.25, 0.3) is 0 Å². The second kappa shape index (κ2) is 6.79. The monoisotopic (exact) mass is 249 g/mol. The van der Waals surface area contributed by atoms with Gasteiger partial charge in [0.1, 0.15) is 0 Å². The molecule has 1 amide bonds. The first-order chi connectivity index (χ1) is 8.56. The molecule has 4 heteroatoms. The van der Waals surface area contributed by atoms with Gasteiger partial charge in [0.2, 0.25) is 5.91 Å². The second-order valence-corrected chi connectivity index (χ2v) is 4.27. The van der Waals surface area contributed by atoms with E-state index < -0.39 is 11.9 Å². The van der Waals surface area contributed by atoms with E-state index in [9.17, 15) is 9.59 Å². The molecule has 1 atom stereocenters. The van der Waals surface area contributed by atoms with Gasteiger partial charge in [-0.25, -0.2) is 0 Å². The first-order valence-corrected chi connectivity index (χ1v) is 6.10. The summed E-state index contributed by atoms with van der Waals surface area (Å²) in [7, 11) is 1.71. The number of anilines is 1. The van der Waals surface area contributed by atoms with Crippen LogP contribution in [-0.2, 0) is 9.59 Å². The summed E-state index contributed by atoms with van der Waals surface area (Å²) in [4.78, 5) is 24.3. The van der Waals surface area contributed by atoms with E-state index in [0.717, 1.165) is 5.69 Å². The normalized spacial score (nSPS) is 11.9. The van der Waals surface area contributed by atoms with E-state index in [2.05, 4.69) is 0 Å². The molecule has 1 unspecified atom stereocenters. The van der Waals surface area contributed by atoms with Crippen LogP contribution in [-0.4, -0.2) is 24.0 Å². The first kappa shape index (κ1) is 14.2. The Kier molecular flexibility index (Phi) is 5.36. The van der Waals surface area contributed by atoms with Gasteiger partial charge in [-0.05, 0) is 25.0 Å². The molecule has 1 aromatic rings. The zero-order valence-electron chi connectivity index (χ0n) is 10.8. The number of carbonyl (C=O) groups excluding carboxylic acids is 1. The Hall–Kier alpha value is -1.84. The summed E-state index contributed by atoms with van der Waals surface area (Å²) in [6.07, 6.45) is 1.20. The lowest BCUT2D eigenvalue weighted by atomic mass is 10.0. The van der Waals surface area contributed by atoms with Crippen LogP contribution in [0, 0.1) is 5.92 Å². The van der Waals surface area contributed by atoms with Gasteiger partial charge in [0, 0.05) is 19.2 Å². The first-order valence-electron chi connectivity index (χ1n) is 6.10. The van der Waals surface area contributed by atoms with E-state index in [4.69, 9.17) is 5.11 Å². The lowest BCUT2D eigenvalue weighted by molar-refractivity contribution is -0.142. The maximum atomic E-state index is 11.9. The van der Waals surface area contributed by atoms with Crippen molar-refractivity contribution in [2.24, 2.45) is 5.92 Å². The van der Waals surface area contributed by atoms with Crippen molar-refractivity contribution in [3.05, 3.63) is 30.3 Å². The number of nitrogens with zero attached hydrogens (tertiary/aromatic N) is 1. The molecule has 0 saturated carbocycles. The molecule has 0 spiro atoms. The van der Waals surface area contributed by atoms with Crippen LogP contribution in [0.15, 0.2) is 30.3 Å². The van der Waals surface area contributed by atoms with E-state index in [1.165, 1.54) is 0 Å². The summed E-state index contributed by atoms with van der Waals surface area (Å²) in [5.74, 6) is -1.31. The molecule has 1 rings (SSSR count). The average molecular weight is 249 g/mol. The van der Waals surface area contributed by atoms with Crippen LogP contribution >= 0.6 is 0 Å². The Bertz CT molecular complexity index is 403. The third-order valence-electron chi connectivity index (χ3n) is 3.07. The highest BCUT2D eigenvalue weighted by atomic mass is 16.4. The van der Waals surface area contributed by atoms with Crippen molar-refractivity contribution in [3.63, 3.8) is 0 Å². The van der Waals surface area contributed by atoms with Gasteiger partial charge >= 0.3 is 5.97 Å². The average Bonchev–Trinajstić information content (AvgIpc) is 2.39. The summed E-state index contributed by atoms with van der Waals surface area (Å²) in [5, 5.41) is 8.92. The number of rotatable bonds is 6. The van der Waals surface area contributed by atoms with Gasteiger partial charge in [-0.1, -0.05) is 25.1 Å². The van der Waals surface area contributed by atoms with Gasteiger partial charge in [0.05, 0.1) is 5.92 Å². The molecule has 0 radical (unpaired) electrons. The smallest absolute Gasteiger partial charge is 0.306 e. The fraction of sp³-hybridized carbons (Fsp3) is 0.429. The molecule has 0 aliphatic heterocycles. The molecule has 4 nitrogen and oxygen atoms in total. The molecule has 0 saturated heterocycles. The number of hydrogen-bond donors (Lipinski definition) is 1. The highest BCUT2D eigenvalue weighted by Gasteiger charge is 2.18. The molecule has 18 heavy (non-hydrogen) atoms. The molecular weight excluding hydrogens is 230 g/mol. The SMILES string of the molecule is CCC(CCC(=O)N(C)c1ccccc1)C(=O)O. The summed E-state index contributed by atoms with van der Waals surface area (Å²) in [6.45, 7) is 1.82. The minimum Gasteiger partial charge on any atom is -0.481 e. The second-order valence-electron chi connectivity index (χ2n) is 4.27. The third-order valence-corrected chi connectivity index (χ3v) is 3.07. The summed E-state index contributed by atoms with van der Waals surface area (Å²) < 4.78 is 0. The van der Waals surface area contributed by atoms with Crippen molar-refractivity contribution in [1.82, 2.24) is 0 Å². The van der Waals surface area contributed by atoms with Crippen LogP contribution in [0.5, 0.6) is 0 Å². The zero-order valence-corrected chi connectivity index (χ0v) is 10.8. The van der Waals surface area contributed by atoms with Gasteiger partial charge in [-0.15, -0.1) is 0 Å². The summed E-state index contributed by atoms with van der Waals surface area (Å²) >= 11 is 0. The number of carboxylic acid groups (broad SMARTS) is 1. The third kappa shape index (κ3) is 3.87. The summed E-state index contributed by atoms with van der Waals surface area (Å²) in [6, 6.07) is 9.33. The number of hydrogen-bond acceptors (Lipinski definition) is 2. The number of carbonyl (C=O) groups is 2. The summed E-state index contributed by atoms with van der Waals surface area (Å²) in [5.41, 5.74) is 0.825. The van der Waals surface area contributed by atoms with Gasteiger partial charge in [0.25, 0.3) is 0 Å². The van der Waals surface area contributed by atoms with Crippen molar-refractivity contribution < 1.29 is 14.7 Å². The lowest BCUT2D eigenvalue weighted by Gasteiger charge is -2.18. The maximum absolute atomic E-state index is 11.9. The van der Waals surface area contributed by atoms with E-state index in [1.54, 1.807) is 11.9 Å². The Morgan fingerprint density at radius 3 is 2.39 bits per heavy atom. The van der Waals surface area contributed by atoms with E-state index in [-0.39, 0.29) is 12.3 Å². The highest BCUT2D eigenvalue weighted by Crippen LogP contribution is 2.16. The quantitative estimate of drug-likeness (QED) is 0.842. The fourth-order valence-electron chi connectivity index (χ4n) is 1.76. The highest BCUT2D eigenvalue weighted by molar-refractivity contribution is 5.92. The van der Waals surface area contributed by atoms with Crippen molar-refractivity contribution in [1.29, 1.82) is 0 Å². The molecule has 0 aromatic heterocycles. The van der Waals surface area contributed by atoms with Crippen molar-refractivity contribution in [2.75, 3.05) is 11.9 Å². The number of carboxylic acids is 1. The molecule has 0 fully saturated rings. The standard InChI is InChI=1S/C14H19NO3/c1-3-11(14(17)18)9-10-13(16)15(2)12-7-5-4-6-8-12/h4-8,11H,3,9-10H2,1-2H3,(H,17,18). The molecule has 0 aliphatic rings. The minimum absolute atomic E-state index is 0.0547. The van der Waals surface area contributed by atoms with Crippen molar-refractivity contribution >= 4 is 17.6 Å². The Morgan fingerprint density at radius 2 is 1.89 bits per heavy atom. The number of benzene rings is 1. The van der Waals surface area contributed by atoms with Crippen LogP contribution in [0.4, 0.5) is 5.69 Å². The van der Waals surface area contributed by atoms with E-state index in [0.29, 0.717) is 12.8 Å². The van der Waals surface area contributed by atoms with Crippen molar-refractivity contribution in [3.8, 4) is 0 Å². The van der Waals surface area contributed by atoms with Crippen LogP contribution in [0.1, 0.15) is 26.2 Å². The van der Waals surface area contributed by atoms with Gasteiger partial charge in [-0.3, -0.25) is 9.59 Å². The molecule has 0 aliphatic carbocycles. The Labute approximate surface area is 107 Å². The maximum Gasteiger partial charge on any atom is 0.306 e. The lowest BCUT2D eigenvalue weighted by Crippen LogP contribution is -2.27. The molecule has 1 N–H and O–H groups in total. The Balaban J connectivity index is 2.53. The van der Waals surface area contributed by atoms with Crippen molar-refractivity contribution in [2.45, 2.75) is 26.2 Å². The molecule has 98 valence electrons. The predicted molar refractivity (Wildman–Crippen MR) is 70.5 cm³/mol. The number of aliphatic carboxylic acids is 1.